The van der Waals surface area contributed by atoms with E-state index in [0.717, 1.165) is 27.5 Å². The third-order valence-electron chi connectivity index (χ3n) is 4.95. The summed E-state index contributed by atoms with van der Waals surface area (Å²) in [5.74, 6) is 0.634. The van der Waals surface area contributed by atoms with Crippen LogP contribution in [0.4, 0.5) is 5.82 Å². The number of fused-ring (bicyclic) bond motifs is 2. The maximum absolute atomic E-state index is 9.73. The molecule has 3 aromatic carbocycles. The van der Waals surface area contributed by atoms with Crippen LogP contribution in [0.15, 0.2) is 90.2 Å². The van der Waals surface area contributed by atoms with E-state index in [0.29, 0.717) is 11.5 Å². The second kappa shape index (κ2) is 6.60. The molecule has 1 aliphatic rings. The van der Waals surface area contributed by atoms with Gasteiger partial charge in [-0.05, 0) is 11.1 Å². The Morgan fingerprint density at radius 2 is 1.61 bits per heavy atom. The number of hydrazone groups is 1. The monoisotopic (exact) mass is 361 g/mol. The van der Waals surface area contributed by atoms with E-state index in [2.05, 4.69) is 28.4 Å². The molecule has 0 saturated carbocycles. The highest BCUT2D eigenvalue weighted by Crippen LogP contribution is 2.39. The average Bonchev–Trinajstić information content (AvgIpc) is 2.78. The second-order valence-corrected chi connectivity index (χ2v) is 6.56. The van der Waals surface area contributed by atoms with Gasteiger partial charge >= 0.3 is 0 Å². The van der Waals surface area contributed by atoms with Crippen LogP contribution in [0.3, 0.4) is 0 Å². The van der Waals surface area contributed by atoms with E-state index in [-0.39, 0.29) is 6.04 Å². The standard InChI is InChI=1S/C23H15N5/c24-14-21-19-12-6-7-13-20(19)22(16-8-2-1-3-9-16)28(27-21)23-18-11-5-4-10-17(18)15-25-26-23/h1-13,15,22H. The van der Waals surface area contributed by atoms with Gasteiger partial charge in [-0.15, -0.1) is 5.10 Å². The highest BCUT2D eigenvalue weighted by Gasteiger charge is 2.32. The van der Waals surface area contributed by atoms with E-state index in [1.807, 2.05) is 71.7 Å². The van der Waals surface area contributed by atoms with Crippen molar-refractivity contribution in [3.05, 3.63) is 102 Å². The molecule has 0 bridgehead atoms. The molecule has 5 nitrogen and oxygen atoms in total. The Hall–Kier alpha value is -4.04. The molecule has 28 heavy (non-hydrogen) atoms. The molecule has 5 heteroatoms. The second-order valence-electron chi connectivity index (χ2n) is 6.56. The summed E-state index contributed by atoms with van der Waals surface area (Å²) in [4.78, 5) is 0. The van der Waals surface area contributed by atoms with E-state index < -0.39 is 0 Å². The molecule has 0 spiro atoms. The first-order valence-corrected chi connectivity index (χ1v) is 8.99. The Kier molecular flexibility index (Phi) is 3.81. The van der Waals surface area contributed by atoms with Crippen molar-refractivity contribution in [3.63, 3.8) is 0 Å². The number of benzene rings is 3. The summed E-state index contributed by atoms with van der Waals surface area (Å²) in [7, 11) is 0. The van der Waals surface area contributed by atoms with Crippen molar-refractivity contribution in [1.82, 2.24) is 10.2 Å². The maximum Gasteiger partial charge on any atom is 0.180 e. The molecule has 132 valence electrons. The molecular weight excluding hydrogens is 346 g/mol. The Morgan fingerprint density at radius 3 is 2.46 bits per heavy atom. The van der Waals surface area contributed by atoms with Crippen LogP contribution in [0.2, 0.25) is 0 Å². The van der Waals surface area contributed by atoms with Crippen LogP contribution in [-0.4, -0.2) is 15.9 Å². The molecule has 1 aliphatic heterocycles. The van der Waals surface area contributed by atoms with Crippen molar-refractivity contribution in [2.24, 2.45) is 5.10 Å². The molecule has 0 aliphatic carbocycles. The minimum absolute atomic E-state index is 0.199. The predicted octanol–water partition coefficient (Wildman–Crippen LogP) is 4.47. The van der Waals surface area contributed by atoms with Gasteiger partial charge in [0.05, 0.1) is 6.20 Å². The SMILES string of the molecule is N#CC1=NN(c2nncc3ccccc23)C(c2ccccc2)c2ccccc21. The molecule has 0 amide bonds. The highest BCUT2D eigenvalue weighted by molar-refractivity contribution is 6.14. The lowest BCUT2D eigenvalue weighted by atomic mass is 9.90. The van der Waals surface area contributed by atoms with Crippen molar-refractivity contribution < 1.29 is 0 Å². The topological polar surface area (TPSA) is 65.2 Å². The van der Waals surface area contributed by atoms with Gasteiger partial charge in [0.1, 0.15) is 12.1 Å². The molecule has 1 aromatic heterocycles. The molecule has 5 rings (SSSR count). The predicted molar refractivity (Wildman–Crippen MR) is 109 cm³/mol. The lowest BCUT2D eigenvalue weighted by molar-refractivity contribution is 0.709. The first-order chi connectivity index (χ1) is 13.9. The van der Waals surface area contributed by atoms with Crippen LogP contribution >= 0.6 is 0 Å². The first kappa shape index (κ1) is 16.2. The van der Waals surface area contributed by atoms with Crippen molar-refractivity contribution in [2.45, 2.75) is 6.04 Å². The van der Waals surface area contributed by atoms with Crippen LogP contribution in [0.1, 0.15) is 22.7 Å². The summed E-state index contributed by atoms with van der Waals surface area (Å²) in [5.41, 5.74) is 3.32. The minimum Gasteiger partial charge on any atom is -0.232 e. The molecule has 2 heterocycles. The van der Waals surface area contributed by atoms with Crippen LogP contribution in [0, 0.1) is 11.3 Å². The number of aromatic nitrogens is 2. The fourth-order valence-corrected chi connectivity index (χ4v) is 3.69. The molecular formula is C23H15N5. The number of anilines is 1. The zero-order valence-corrected chi connectivity index (χ0v) is 14.9. The van der Waals surface area contributed by atoms with Crippen molar-refractivity contribution in [1.29, 1.82) is 5.26 Å². The summed E-state index contributed by atoms with van der Waals surface area (Å²) in [5, 5.41) is 26.8. The van der Waals surface area contributed by atoms with Gasteiger partial charge in [-0.2, -0.15) is 15.5 Å². The number of hydrogen-bond donors (Lipinski definition) is 0. The van der Waals surface area contributed by atoms with Crippen molar-refractivity contribution in [3.8, 4) is 6.07 Å². The summed E-state index contributed by atoms with van der Waals surface area (Å²) >= 11 is 0. The van der Waals surface area contributed by atoms with Gasteiger partial charge in [0.2, 0.25) is 0 Å². The van der Waals surface area contributed by atoms with E-state index in [1.165, 1.54) is 0 Å². The van der Waals surface area contributed by atoms with E-state index in [9.17, 15) is 5.26 Å². The smallest absolute Gasteiger partial charge is 0.180 e. The highest BCUT2D eigenvalue weighted by atomic mass is 15.5. The number of rotatable bonds is 2. The minimum atomic E-state index is -0.199. The molecule has 0 radical (unpaired) electrons. The fourth-order valence-electron chi connectivity index (χ4n) is 3.69. The average molecular weight is 361 g/mol. The van der Waals surface area contributed by atoms with Crippen molar-refractivity contribution >= 4 is 22.3 Å². The first-order valence-electron chi connectivity index (χ1n) is 8.99. The van der Waals surface area contributed by atoms with Crippen LogP contribution in [0.5, 0.6) is 0 Å². The van der Waals surface area contributed by atoms with Crippen LogP contribution in [-0.2, 0) is 0 Å². The van der Waals surface area contributed by atoms with Crippen molar-refractivity contribution in [2.75, 3.05) is 5.01 Å². The van der Waals surface area contributed by atoms with Gasteiger partial charge in [0.15, 0.2) is 11.5 Å². The fraction of sp³-hybridized carbons (Fsp3) is 0.0435. The zero-order chi connectivity index (χ0) is 18.9. The normalized spacial score (nSPS) is 15.6. The quantitative estimate of drug-likeness (QED) is 0.528. The lowest BCUT2D eigenvalue weighted by Gasteiger charge is -2.34. The lowest BCUT2D eigenvalue weighted by Crippen LogP contribution is -2.32. The molecule has 0 fully saturated rings. The third-order valence-corrected chi connectivity index (χ3v) is 4.95. The Labute approximate surface area is 162 Å². The van der Waals surface area contributed by atoms with Crippen LogP contribution < -0.4 is 5.01 Å². The van der Waals surface area contributed by atoms with Gasteiger partial charge < -0.3 is 0 Å². The van der Waals surface area contributed by atoms with Gasteiger partial charge in [0.25, 0.3) is 0 Å². The summed E-state index contributed by atoms with van der Waals surface area (Å²) in [6.45, 7) is 0. The number of hydrogen-bond acceptors (Lipinski definition) is 5. The Morgan fingerprint density at radius 1 is 0.857 bits per heavy atom. The number of nitriles is 1. The summed E-state index contributed by atoms with van der Waals surface area (Å²) in [6.07, 6.45) is 1.74. The molecule has 0 N–H and O–H groups in total. The maximum atomic E-state index is 9.73. The molecule has 1 atom stereocenters. The van der Waals surface area contributed by atoms with E-state index >= 15 is 0 Å². The van der Waals surface area contributed by atoms with Gasteiger partial charge in [-0.25, -0.2) is 5.01 Å². The summed E-state index contributed by atoms with van der Waals surface area (Å²) < 4.78 is 0. The Balaban J connectivity index is 1.81. The zero-order valence-electron chi connectivity index (χ0n) is 14.9. The number of nitrogens with zero attached hydrogens (tertiary/aromatic N) is 5. The van der Waals surface area contributed by atoms with E-state index in [4.69, 9.17) is 5.10 Å². The molecule has 1 unspecified atom stereocenters. The van der Waals surface area contributed by atoms with E-state index in [1.54, 1.807) is 6.20 Å². The Bertz CT molecular complexity index is 1240. The summed E-state index contributed by atoms with van der Waals surface area (Å²) in [6, 6.07) is 28.0. The molecule has 4 aromatic rings. The van der Waals surface area contributed by atoms with Crippen LogP contribution in [0.25, 0.3) is 10.8 Å². The van der Waals surface area contributed by atoms with Gasteiger partial charge in [-0.1, -0.05) is 78.9 Å². The largest absolute Gasteiger partial charge is 0.232 e. The third kappa shape index (κ3) is 2.51. The van der Waals surface area contributed by atoms with Gasteiger partial charge in [0, 0.05) is 16.3 Å². The molecule has 0 saturated heterocycles. The van der Waals surface area contributed by atoms with Gasteiger partial charge in [-0.3, -0.25) is 0 Å².